The van der Waals surface area contributed by atoms with Gasteiger partial charge in [0.1, 0.15) is 5.76 Å². The second-order valence-electron chi connectivity index (χ2n) is 5.41. The number of rotatable bonds is 3. The van der Waals surface area contributed by atoms with Crippen LogP contribution in [-0.4, -0.2) is 71.1 Å². The van der Waals surface area contributed by atoms with Crippen LogP contribution in [0.3, 0.4) is 0 Å². The number of hydrogen-bond acceptors (Lipinski definition) is 4. The molecule has 0 saturated carbocycles. The molecule has 1 saturated heterocycles. The van der Waals surface area contributed by atoms with Crippen molar-refractivity contribution in [3.63, 3.8) is 0 Å². The van der Waals surface area contributed by atoms with Crippen molar-refractivity contribution >= 4 is 11.9 Å². The van der Waals surface area contributed by atoms with Gasteiger partial charge >= 0.3 is 6.03 Å². The SMILES string of the molecule is CCN(CC)C(=O)N1CCCN(C(=O)c2cc(C)on2)CC1. The molecule has 1 aliphatic heterocycles. The van der Waals surface area contributed by atoms with Crippen LogP contribution < -0.4 is 0 Å². The summed E-state index contributed by atoms with van der Waals surface area (Å²) in [6.07, 6.45) is 0.773. The minimum absolute atomic E-state index is 0.0524. The van der Waals surface area contributed by atoms with Crippen LogP contribution in [0.2, 0.25) is 0 Å². The molecule has 1 aromatic heterocycles. The lowest BCUT2D eigenvalue weighted by Gasteiger charge is -2.28. The fourth-order valence-electron chi connectivity index (χ4n) is 2.64. The predicted molar refractivity (Wildman–Crippen MR) is 81.7 cm³/mol. The molecule has 2 heterocycles. The van der Waals surface area contributed by atoms with E-state index in [2.05, 4.69) is 5.16 Å². The van der Waals surface area contributed by atoms with E-state index in [9.17, 15) is 9.59 Å². The number of hydrogen-bond donors (Lipinski definition) is 0. The van der Waals surface area contributed by atoms with Crippen molar-refractivity contribution in [2.45, 2.75) is 27.2 Å². The Hall–Kier alpha value is -2.05. The van der Waals surface area contributed by atoms with E-state index in [-0.39, 0.29) is 11.9 Å². The van der Waals surface area contributed by atoms with Gasteiger partial charge in [-0.25, -0.2) is 4.79 Å². The molecule has 0 bridgehead atoms. The maximum atomic E-state index is 12.4. The molecule has 7 nitrogen and oxygen atoms in total. The third-order valence-electron chi connectivity index (χ3n) is 3.93. The molecule has 0 N–H and O–H groups in total. The molecular weight excluding hydrogens is 284 g/mol. The third kappa shape index (κ3) is 3.58. The van der Waals surface area contributed by atoms with Gasteiger partial charge in [-0.15, -0.1) is 0 Å². The Morgan fingerprint density at radius 1 is 1.18 bits per heavy atom. The van der Waals surface area contributed by atoms with Crippen LogP contribution in [-0.2, 0) is 0 Å². The average Bonchev–Trinajstić information content (AvgIpc) is 2.81. The molecule has 3 amide bonds. The molecule has 2 rings (SSSR count). The zero-order valence-corrected chi connectivity index (χ0v) is 13.5. The Balaban J connectivity index is 1.97. The van der Waals surface area contributed by atoms with Crippen molar-refractivity contribution in [1.82, 2.24) is 19.9 Å². The molecular formula is C15H24N4O3. The molecule has 22 heavy (non-hydrogen) atoms. The summed E-state index contributed by atoms with van der Waals surface area (Å²) in [6, 6.07) is 1.70. The van der Waals surface area contributed by atoms with Gasteiger partial charge in [-0.1, -0.05) is 5.16 Å². The summed E-state index contributed by atoms with van der Waals surface area (Å²) in [5, 5.41) is 3.78. The third-order valence-corrected chi connectivity index (χ3v) is 3.93. The molecule has 0 atom stereocenters. The molecule has 0 aliphatic carbocycles. The topological polar surface area (TPSA) is 69.9 Å². The minimum Gasteiger partial charge on any atom is -0.361 e. The van der Waals surface area contributed by atoms with E-state index in [0.717, 1.165) is 6.42 Å². The highest BCUT2D eigenvalue weighted by atomic mass is 16.5. The molecule has 0 aromatic carbocycles. The van der Waals surface area contributed by atoms with E-state index in [4.69, 9.17) is 4.52 Å². The quantitative estimate of drug-likeness (QED) is 0.850. The van der Waals surface area contributed by atoms with Gasteiger partial charge in [-0.2, -0.15) is 0 Å². The fraction of sp³-hybridized carbons (Fsp3) is 0.667. The summed E-state index contributed by atoms with van der Waals surface area (Å²) in [4.78, 5) is 30.1. The number of carbonyl (C=O) groups is 2. The molecule has 0 spiro atoms. The van der Waals surface area contributed by atoms with Gasteiger partial charge in [-0.05, 0) is 27.2 Å². The Kier molecular flexibility index (Phi) is 5.41. The Morgan fingerprint density at radius 2 is 1.82 bits per heavy atom. The summed E-state index contributed by atoms with van der Waals surface area (Å²) in [5.41, 5.74) is 0.334. The van der Waals surface area contributed by atoms with Crippen LogP contribution in [0.15, 0.2) is 10.6 Å². The van der Waals surface area contributed by atoms with E-state index in [0.29, 0.717) is 50.7 Å². The zero-order chi connectivity index (χ0) is 16.1. The lowest BCUT2D eigenvalue weighted by molar-refractivity contribution is 0.0750. The highest BCUT2D eigenvalue weighted by Gasteiger charge is 2.25. The maximum Gasteiger partial charge on any atom is 0.320 e. The van der Waals surface area contributed by atoms with Gasteiger partial charge in [0.25, 0.3) is 5.91 Å². The lowest BCUT2D eigenvalue weighted by atomic mass is 10.3. The van der Waals surface area contributed by atoms with Crippen molar-refractivity contribution in [1.29, 1.82) is 0 Å². The predicted octanol–water partition coefficient (Wildman–Crippen LogP) is 1.59. The van der Waals surface area contributed by atoms with E-state index in [1.807, 2.05) is 18.7 Å². The highest BCUT2D eigenvalue weighted by molar-refractivity contribution is 5.92. The van der Waals surface area contributed by atoms with Crippen molar-refractivity contribution in [3.05, 3.63) is 17.5 Å². The van der Waals surface area contributed by atoms with Gasteiger partial charge in [0.05, 0.1) is 0 Å². The van der Waals surface area contributed by atoms with E-state index in [1.54, 1.807) is 22.8 Å². The smallest absolute Gasteiger partial charge is 0.320 e. The van der Waals surface area contributed by atoms with Crippen molar-refractivity contribution in [3.8, 4) is 0 Å². The second kappa shape index (κ2) is 7.29. The van der Waals surface area contributed by atoms with Crippen LogP contribution in [0, 0.1) is 6.92 Å². The monoisotopic (exact) mass is 308 g/mol. The van der Waals surface area contributed by atoms with Gasteiger partial charge in [-0.3, -0.25) is 4.79 Å². The van der Waals surface area contributed by atoms with Gasteiger partial charge in [0, 0.05) is 45.3 Å². The van der Waals surface area contributed by atoms with Crippen LogP contribution >= 0.6 is 0 Å². The molecule has 122 valence electrons. The molecule has 1 aromatic rings. The molecule has 0 unspecified atom stereocenters. The Labute approximate surface area is 130 Å². The minimum atomic E-state index is -0.131. The molecule has 1 fully saturated rings. The number of nitrogens with zero attached hydrogens (tertiary/aromatic N) is 4. The first-order valence-corrected chi connectivity index (χ1v) is 7.83. The summed E-state index contributed by atoms with van der Waals surface area (Å²) in [6.45, 7) is 9.50. The average molecular weight is 308 g/mol. The number of aryl methyl sites for hydroxylation is 1. The first-order valence-electron chi connectivity index (χ1n) is 7.83. The van der Waals surface area contributed by atoms with E-state index < -0.39 is 0 Å². The van der Waals surface area contributed by atoms with Crippen molar-refractivity contribution in [2.75, 3.05) is 39.3 Å². The summed E-state index contributed by atoms with van der Waals surface area (Å²) < 4.78 is 4.96. The van der Waals surface area contributed by atoms with Crippen LogP contribution in [0.4, 0.5) is 4.79 Å². The van der Waals surface area contributed by atoms with Gasteiger partial charge in [0.15, 0.2) is 5.69 Å². The highest BCUT2D eigenvalue weighted by Crippen LogP contribution is 2.11. The first kappa shape index (κ1) is 16.3. The van der Waals surface area contributed by atoms with Crippen LogP contribution in [0.25, 0.3) is 0 Å². The summed E-state index contributed by atoms with van der Waals surface area (Å²) in [5.74, 6) is 0.491. The first-order chi connectivity index (χ1) is 10.6. The van der Waals surface area contributed by atoms with Crippen LogP contribution in [0.1, 0.15) is 36.5 Å². The molecule has 7 heteroatoms. The van der Waals surface area contributed by atoms with Crippen LogP contribution in [0.5, 0.6) is 0 Å². The number of aromatic nitrogens is 1. The van der Waals surface area contributed by atoms with Gasteiger partial charge in [0.2, 0.25) is 0 Å². The van der Waals surface area contributed by atoms with Crippen molar-refractivity contribution < 1.29 is 14.1 Å². The van der Waals surface area contributed by atoms with Crippen molar-refractivity contribution in [2.24, 2.45) is 0 Å². The largest absolute Gasteiger partial charge is 0.361 e. The maximum absolute atomic E-state index is 12.4. The summed E-state index contributed by atoms with van der Waals surface area (Å²) in [7, 11) is 0. The Bertz CT molecular complexity index is 525. The van der Waals surface area contributed by atoms with E-state index in [1.165, 1.54) is 0 Å². The van der Waals surface area contributed by atoms with E-state index >= 15 is 0 Å². The molecule has 1 aliphatic rings. The standard InChI is InChI=1S/C15H24N4O3/c1-4-17(5-2)15(21)19-8-6-7-18(9-10-19)14(20)13-11-12(3)22-16-13/h11H,4-10H2,1-3H3. The summed E-state index contributed by atoms with van der Waals surface area (Å²) >= 11 is 0. The Morgan fingerprint density at radius 3 is 2.41 bits per heavy atom. The number of amides is 3. The second-order valence-corrected chi connectivity index (χ2v) is 5.41. The lowest BCUT2D eigenvalue weighted by Crippen LogP contribution is -2.45. The normalized spacial score (nSPS) is 15.6. The number of carbonyl (C=O) groups excluding carboxylic acids is 2. The number of urea groups is 1. The molecule has 0 radical (unpaired) electrons. The fourth-order valence-corrected chi connectivity index (χ4v) is 2.64. The zero-order valence-electron chi connectivity index (χ0n) is 13.5. The van der Waals surface area contributed by atoms with Gasteiger partial charge < -0.3 is 19.2 Å².